The standard InChI is InChI=1S/C18H26N2O.ClH/c1-14(17-12-19-13-17)18(21)20-9-7-16(8-10-20)11-15-5-3-2-4-6-15;/h2-6,14,16-17,19H,7-13H2,1H3;1H. The highest BCUT2D eigenvalue weighted by molar-refractivity contribution is 5.85. The Bertz CT molecular complexity index is 467. The molecule has 3 nitrogen and oxygen atoms in total. The third-order valence-corrected chi connectivity index (χ3v) is 5.20. The van der Waals surface area contributed by atoms with E-state index in [2.05, 4.69) is 47.5 Å². The smallest absolute Gasteiger partial charge is 0.225 e. The molecule has 1 aromatic carbocycles. The molecule has 0 bridgehead atoms. The molecule has 1 atom stereocenters. The van der Waals surface area contributed by atoms with Crippen LogP contribution in [0.3, 0.4) is 0 Å². The minimum Gasteiger partial charge on any atom is -0.342 e. The van der Waals surface area contributed by atoms with Crippen molar-refractivity contribution in [2.24, 2.45) is 17.8 Å². The minimum atomic E-state index is 0. The van der Waals surface area contributed by atoms with Crippen molar-refractivity contribution in [2.45, 2.75) is 26.2 Å². The number of rotatable bonds is 4. The van der Waals surface area contributed by atoms with E-state index in [1.165, 1.54) is 5.56 Å². The van der Waals surface area contributed by atoms with Gasteiger partial charge in [-0.3, -0.25) is 4.79 Å². The predicted molar refractivity (Wildman–Crippen MR) is 92.2 cm³/mol. The molecule has 1 N–H and O–H groups in total. The van der Waals surface area contributed by atoms with Gasteiger partial charge < -0.3 is 10.2 Å². The summed E-state index contributed by atoms with van der Waals surface area (Å²) >= 11 is 0. The first kappa shape index (κ1) is 17.3. The summed E-state index contributed by atoms with van der Waals surface area (Å²) in [4.78, 5) is 14.6. The molecule has 0 spiro atoms. The van der Waals surface area contributed by atoms with Gasteiger partial charge in [0.15, 0.2) is 0 Å². The van der Waals surface area contributed by atoms with E-state index in [1.807, 2.05) is 0 Å². The number of nitrogens with one attached hydrogen (secondary N) is 1. The lowest BCUT2D eigenvalue weighted by Gasteiger charge is -2.38. The number of likely N-dealkylation sites (tertiary alicyclic amines) is 1. The van der Waals surface area contributed by atoms with Crippen molar-refractivity contribution >= 4 is 18.3 Å². The van der Waals surface area contributed by atoms with Gasteiger partial charge in [-0.25, -0.2) is 0 Å². The van der Waals surface area contributed by atoms with Crippen LogP contribution < -0.4 is 5.32 Å². The molecule has 0 aliphatic carbocycles. The summed E-state index contributed by atoms with van der Waals surface area (Å²) in [7, 11) is 0. The Morgan fingerprint density at radius 1 is 1.23 bits per heavy atom. The van der Waals surface area contributed by atoms with Crippen molar-refractivity contribution in [3.63, 3.8) is 0 Å². The fourth-order valence-corrected chi connectivity index (χ4v) is 3.46. The Hall–Kier alpha value is -1.06. The minimum absolute atomic E-state index is 0. The SMILES string of the molecule is CC(C(=O)N1CCC(Cc2ccccc2)CC1)C1CNC1.Cl. The van der Waals surface area contributed by atoms with Gasteiger partial charge in [0, 0.05) is 19.0 Å². The molecular weight excluding hydrogens is 296 g/mol. The number of hydrogen-bond acceptors (Lipinski definition) is 2. The molecule has 1 aromatic rings. The summed E-state index contributed by atoms with van der Waals surface area (Å²) in [5.74, 6) is 1.85. The topological polar surface area (TPSA) is 32.3 Å². The van der Waals surface area contributed by atoms with E-state index >= 15 is 0 Å². The van der Waals surface area contributed by atoms with E-state index in [1.54, 1.807) is 0 Å². The normalized spacial score (nSPS) is 20.9. The number of piperidine rings is 1. The van der Waals surface area contributed by atoms with E-state index in [4.69, 9.17) is 0 Å². The predicted octanol–water partition coefficient (Wildman–Crippen LogP) is 2.75. The maximum absolute atomic E-state index is 12.5. The average molecular weight is 323 g/mol. The van der Waals surface area contributed by atoms with Crippen LogP contribution >= 0.6 is 12.4 Å². The number of benzene rings is 1. The van der Waals surface area contributed by atoms with E-state index in [0.29, 0.717) is 11.8 Å². The third kappa shape index (κ3) is 4.02. The first-order valence-electron chi connectivity index (χ1n) is 8.27. The van der Waals surface area contributed by atoms with Crippen LogP contribution in [0, 0.1) is 17.8 Å². The number of halogens is 1. The van der Waals surface area contributed by atoms with Crippen LogP contribution in [0.4, 0.5) is 0 Å². The summed E-state index contributed by atoms with van der Waals surface area (Å²) in [6.45, 7) is 6.01. The molecule has 122 valence electrons. The Morgan fingerprint density at radius 2 is 1.86 bits per heavy atom. The number of carbonyl (C=O) groups is 1. The monoisotopic (exact) mass is 322 g/mol. The molecule has 2 aliphatic heterocycles. The van der Waals surface area contributed by atoms with E-state index in [0.717, 1.165) is 51.4 Å². The molecule has 2 fully saturated rings. The summed E-state index contributed by atoms with van der Waals surface area (Å²) in [6, 6.07) is 10.7. The van der Waals surface area contributed by atoms with E-state index in [9.17, 15) is 4.79 Å². The van der Waals surface area contributed by atoms with Crippen LogP contribution in [-0.4, -0.2) is 37.0 Å². The van der Waals surface area contributed by atoms with Crippen molar-refractivity contribution in [1.29, 1.82) is 0 Å². The van der Waals surface area contributed by atoms with Gasteiger partial charge in [-0.15, -0.1) is 12.4 Å². The molecule has 2 saturated heterocycles. The third-order valence-electron chi connectivity index (χ3n) is 5.20. The highest BCUT2D eigenvalue weighted by atomic mass is 35.5. The zero-order chi connectivity index (χ0) is 14.7. The van der Waals surface area contributed by atoms with Crippen molar-refractivity contribution in [3.05, 3.63) is 35.9 Å². The summed E-state index contributed by atoms with van der Waals surface area (Å²) < 4.78 is 0. The van der Waals surface area contributed by atoms with E-state index in [-0.39, 0.29) is 18.3 Å². The number of nitrogens with zero attached hydrogens (tertiary/aromatic N) is 1. The van der Waals surface area contributed by atoms with E-state index < -0.39 is 0 Å². The van der Waals surface area contributed by atoms with Gasteiger partial charge in [0.05, 0.1) is 0 Å². The zero-order valence-corrected chi connectivity index (χ0v) is 14.1. The van der Waals surface area contributed by atoms with Gasteiger partial charge >= 0.3 is 0 Å². The number of amides is 1. The van der Waals surface area contributed by atoms with Gasteiger partial charge in [0.1, 0.15) is 0 Å². The van der Waals surface area contributed by atoms with Crippen LogP contribution in [0.5, 0.6) is 0 Å². The summed E-state index contributed by atoms with van der Waals surface area (Å²) in [5.41, 5.74) is 1.43. The Balaban J connectivity index is 0.00000176. The molecular formula is C18H27ClN2O. The van der Waals surface area contributed by atoms with Gasteiger partial charge in [-0.1, -0.05) is 37.3 Å². The Kier molecular flexibility index (Phi) is 6.27. The Labute approximate surface area is 139 Å². The van der Waals surface area contributed by atoms with Crippen LogP contribution in [0.1, 0.15) is 25.3 Å². The number of carbonyl (C=O) groups excluding carboxylic acids is 1. The molecule has 2 heterocycles. The van der Waals surface area contributed by atoms with Crippen LogP contribution in [0.15, 0.2) is 30.3 Å². The second-order valence-corrected chi connectivity index (χ2v) is 6.67. The first-order chi connectivity index (χ1) is 10.2. The first-order valence-corrected chi connectivity index (χ1v) is 8.27. The van der Waals surface area contributed by atoms with Crippen molar-refractivity contribution in [1.82, 2.24) is 10.2 Å². The van der Waals surface area contributed by atoms with Crippen LogP contribution in [-0.2, 0) is 11.2 Å². The molecule has 0 saturated carbocycles. The molecule has 1 unspecified atom stereocenters. The molecule has 22 heavy (non-hydrogen) atoms. The quantitative estimate of drug-likeness (QED) is 0.924. The summed E-state index contributed by atoms with van der Waals surface area (Å²) in [6.07, 6.45) is 3.46. The lowest BCUT2D eigenvalue weighted by atomic mass is 9.86. The van der Waals surface area contributed by atoms with Crippen molar-refractivity contribution in [2.75, 3.05) is 26.2 Å². The zero-order valence-electron chi connectivity index (χ0n) is 13.3. The molecule has 0 aromatic heterocycles. The molecule has 3 rings (SSSR count). The molecule has 4 heteroatoms. The highest BCUT2D eigenvalue weighted by Crippen LogP contribution is 2.25. The lowest BCUT2D eigenvalue weighted by Crippen LogP contribution is -2.51. The second-order valence-electron chi connectivity index (χ2n) is 6.67. The molecule has 1 amide bonds. The van der Waals surface area contributed by atoms with Gasteiger partial charge in [-0.2, -0.15) is 0 Å². The maximum atomic E-state index is 12.5. The van der Waals surface area contributed by atoms with Gasteiger partial charge in [-0.05, 0) is 49.8 Å². The average Bonchev–Trinajstić information content (AvgIpc) is 2.46. The molecule has 0 radical (unpaired) electrons. The fourth-order valence-electron chi connectivity index (χ4n) is 3.46. The lowest BCUT2D eigenvalue weighted by molar-refractivity contribution is -0.138. The summed E-state index contributed by atoms with van der Waals surface area (Å²) in [5, 5.41) is 3.26. The second kappa shape index (κ2) is 7.98. The van der Waals surface area contributed by atoms with Crippen molar-refractivity contribution < 1.29 is 4.79 Å². The van der Waals surface area contributed by atoms with Gasteiger partial charge in [0.2, 0.25) is 5.91 Å². The number of hydrogen-bond donors (Lipinski definition) is 1. The molecule has 2 aliphatic rings. The Morgan fingerprint density at radius 3 is 2.41 bits per heavy atom. The van der Waals surface area contributed by atoms with Crippen LogP contribution in [0.2, 0.25) is 0 Å². The highest BCUT2D eigenvalue weighted by Gasteiger charge is 2.33. The maximum Gasteiger partial charge on any atom is 0.225 e. The van der Waals surface area contributed by atoms with Crippen molar-refractivity contribution in [3.8, 4) is 0 Å². The van der Waals surface area contributed by atoms with Crippen LogP contribution in [0.25, 0.3) is 0 Å². The fraction of sp³-hybridized carbons (Fsp3) is 0.611. The largest absolute Gasteiger partial charge is 0.342 e. The van der Waals surface area contributed by atoms with Gasteiger partial charge in [0.25, 0.3) is 0 Å².